The number of hydrogen-bond acceptors (Lipinski definition) is 5. The Hall–Kier alpha value is -3.30. The van der Waals surface area contributed by atoms with E-state index in [1.807, 2.05) is 6.07 Å². The van der Waals surface area contributed by atoms with Gasteiger partial charge in [0.2, 0.25) is 0 Å². The van der Waals surface area contributed by atoms with Crippen molar-refractivity contribution in [3.05, 3.63) is 34.7 Å². The number of benzene rings is 1. The third-order valence-corrected chi connectivity index (χ3v) is 4.87. The first kappa shape index (κ1) is 16.6. The molecule has 1 aromatic heterocycles. The molecule has 1 aliphatic rings. The van der Waals surface area contributed by atoms with Crippen molar-refractivity contribution in [1.82, 2.24) is 10.2 Å². The predicted molar refractivity (Wildman–Crippen MR) is 94.3 cm³/mol. The van der Waals surface area contributed by atoms with Crippen LogP contribution in [0.2, 0.25) is 0 Å². The summed E-state index contributed by atoms with van der Waals surface area (Å²) in [5.41, 5.74) is 3.48. The fourth-order valence-electron chi connectivity index (χ4n) is 4.15. The molecular formula is C19H18N6. The highest BCUT2D eigenvalue weighted by Gasteiger charge is 2.44. The van der Waals surface area contributed by atoms with Crippen molar-refractivity contribution in [2.45, 2.75) is 44.9 Å². The summed E-state index contributed by atoms with van der Waals surface area (Å²) >= 11 is 0. The molecule has 2 aromatic rings. The van der Waals surface area contributed by atoms with Gasteiger partial charge in [0.05, 0.1) is 17.4 Å². The van der Waals surface area contributed by atoms with E-state index in [2.05, 4.69) is 49.3 Å². The van der Waals surface area contributed by atoms with E-state index < -0.39 is 0 Å². The minimum absolute atomic E-state index is 0.0294. The summed E-state index contributed by atoms with van der Waals surface area (Å²) in [6.45, 7) is 8.74. The summed E-state index contributed by atoms with van der Waals surface area (Å²) in [6, 6.07) is 7.61. The highest BCUT2D eigenvalue weighted by molar-refractivity contribution is 5.96. The van der Waals surface area contributed by atoms with Crippen molar-refractivity contribution in [2.75, 3.05) is 5.32 Å². The Morgan fingerprint density at radius 1 is 1.12 bits per heavy atom. The van der Waals surface area contributed by atoms with Gasteiger partial charge >= 0.3 is 0 Å². The van der Waals surface area contributed by atoms with Crippen LogP contribution in [0.15, 0.2) is 23.5 Å². The van der Waals surface area contributed by atoms with Gasteiger partial charge < -0.3 is 5.32 Å². The number of allylic oxidation sites excluding steroid dienone is 2. The average Bonchev–Trinajstić information content (AvgIpc) is 3.07. The van der Waals surface area contributed by atoms with Gasteiger partial charge in [-0.05, 0) is 34.4 Å². The Morgan fingerprint density at radius 2 is 1.80 bits per heavy atom. The van der Waals surface area contributed by atoms with Crippen LogP contribution in [0.25, 0.3) is 10.9 Å². The molecule has 124 valence electrons. The van der Waals surface area contributed by atoms with E-state index in [4.69, 9.17) is 10.5 Å². The first-order valence-electron chi connectivity index (χ1n) is 7.98. The third-order valence-electron chi connectivity index (χ3n) is 4.87. The van der Waals surface area contributed by atoms with Crippen LogP contribution in [0.3, 0.4) is 0 Å². The van der Waals surface area contributed by atoms with Gasteiger partial charge in [-0.2, -0.15) is 20.9 Å². The van der Waals surface area contributed by atoms with Crippen molar-refractivity contribution in [3.63, 3.8) is 0 Å². The Morgan fingerprint density at radius 3 is 2.40 bits per heavy atom. The SMILES string of the molecule is CC1(C)CC(C)(C)c2c1cc1[nH]ncc1c2NC(C#N)=C(C#N)C#N. The monoisotopic (exact) mass is 330 g/mol. The van der Waals surface area contributed by atoms with E-state index in [1.54, 1.807) is 18.3 Å². The minimum atomic E-state index is -0.230. The highest BCUT2D eigenvalue weighted by atomic mass is 15.1. The molecule has 1 aliphatic carbocycles. The molecule has 0 radical (unpaired) electrons. The van der Waals surface area contributed by atoms with E-state index in [1.165, 1.54) is 5.56 Å². The molecule has 0 unspecified atom stereocenters. The van der Waals surface area contributed by atoms with Gasteiger partial charge in [-0.1, -0.05) is 27.7 Å². The highest BCUT2D eigenvalue weighted by Crippen LogP contribution is 2.53. The van der Waals surface area contributed by atoms with Gasteiger partial charge in [-0.25, -0.2) is 0 Å². The Kier molecular flexibility index (Phi) is 3.55. The zero-order chi connectivity index (χ0) is 18.4. The Bertz CT molecular complexity index is 1010. The molecule has 1 aromatic carbocycles. The number of H-pyrrole nitrogens is 1. The molecule has 25 heavy (non-hydrogen) atoms. The van der Waals surface area contributed by atoms with Crippen molar-refractivity contribution in [2.24, 2.45) is 0 Å². The lowest BCUT2D eigenvalue weighted by Gasteiger charge is -2.24. The first-order valence-corrected chi connectivity index (χ1v) is 7.98. The second-order valence-electron chi connectivity index (χ2n) is 7.66. The number of anilines is 1. The van der Waals surface area contributed by atoms with Crippen molar-refractivity contribution < 1.29 is 0 Å². The quantitative estimate of drug-likeness (QED) is 0.814. The summed E-state index contributed by atoms with van der Waals surface area (Å²) < 4.78 is 0. The maximum Gasteiger partial charge on any atom is 0.163 e. The van der Waals surface area contributed by atoms with E-state index in [0.717, 1.165) is 28.6 Å². The van der Waals surface area contributed by atoms with Crippen LogP contribution in [-0.4, -0.2) is 10.2 Å². The summed E-state index contributed by atoms with van der Waals surface area (Å²) in [6.07, 6.45) is 2.66. The number of nitrogens with one attached hydrogen (secondary N) is 2. The lowest BCUT2D eigenvalue weighted by Crippen LogP contribution is -2.18. The van der Waals surface area contributed by atoms with Crippen LogP contribution in [0.5, 0.6) is 0 Å². The molecule has 0 bridgehead atoms. The number of fused-ring (bicyclic) bond motifs is 2. The second-order valence-corrected chi connectivity index (χ2v) is 7.66. The fraction of sp³-hybridized carbons (Fsp3) is 0.368. The zero-order valence-corrected chi connectivity index (χ0v) is 14.7. The van der Waals surface area contributed by atoms with Crippen LogP contribution in [0.1, 0.15) is 45.2 Å². The van der Waals surface area contributed by atoms with Crippen LogP contribution >= 0.6 is 0 Å². The molecule has 0 saturated heterocycles. The van der Waals surface area contributed by atoms with Gasteiger partial charge in [0, 0.05) is 5.39 Å². The molecule has 6 heteroatoms. The largest absolute Gasteiger partial charge is 0.344 e. The number of aromatic amines is 1. The molecule has 0 atom stereocenters. The number of rotatable bonds is 2. The van der Waals surface area contributed by atoms with Gasteiger partial charge in [-0.3, -0.25) is 5.10 Å². The molecule has 0 spiro atoms. The molecule has 0 saturated carbocycles. The molecule has 0 aliphatic heterocycles. The number of aromatic nitrogens is 2. The topological polar surface area (TPSA) is 112 Å². The van der Waals surface area contributed by atoms with E-state index in [9.17, 15) is 5.26 Å². The molecule has 1 heterocycles. The van der Waals surface area contributed by atoms with E-state index in [0.29, 0.717) is 0 Å². The zero-order valence-electron chi connectivity index (χ0n) is 14.7. The van der Waals surface area contributed by atoms with Gasteiger partial charge in [0.15, 0.2) is 5.57 Å². The standard InChI is InChI=1S/C19H18N6/c1-18(2)10-19(3,4)16-13(18)5-14-12(9-23-25-14)17(16)24-15(8-22)11(6-20)7-21/h5,9,24H,10H2,1-4H3,(H,23,25). The summed E-state index contributed by atoms with van der Waals surface area (Å²) in [7, 11) is 0. The van der Waals surface area contributed by atoms with Crippen molar-refractivity contribution in [1.29, 1.82) is 15.8 Å². The van der Waals surface area contributed by atoms with Crippen molar-refractivity contribution >= 4 is 16.6 Å². The summed E-state index contributed by atoms with van der Waals surface area (Å²) in [4.78, 5) is 0. The number of hydrogen-bond donors (Lipinski definition) is 2. The van der Waals surface area contributed by atoms with Crippen LogP contribution in [-0.2, 0) is 10.8 Å². The minimum Gasteiger partial charge on any atom is -0.344 e. The van der Waals surface area contributed by atoms with E-state index >= 15 is 0 Å². The smallest absolute Gasteiger partial charge is 0.163 e. The molecule has 6 nitrogen and oxygen atoms in total. The Labute approximate surface area is 146 Å². The van der Waals surface area contributed by atoms with Crippen LogP contribution < -0.4 is 5.32 Å². The lowest BCUT2D eigenvalue weighted by atomic mass is 9.81. The predicted octanol–water partition coefficient (Wildman–Crippen LogP) is 3.76. The van der Waals surface area contributed by atoms with E-state index in [-0.39, 0.29) is 22.1 Å². The van der Waals surface area contributed by atoms with Gasteiger partial charge in [0.1, 0.15) is 23.9 Å². The fourth-order valence-corrected chi connectivity index (χ4v) is 4.15. The third kappa shape index (κ3) is 2.42. The lowest BCUT2D eigenvalue weighted by molar-refractivity contribution is 0.403. The molecule has 0 fully saturated rings. The first-order chi connectivity index (χ1) is 11.7. The van der Waals surface area contributed by atoms with Gasteiger partial charge in [0.25, 0.3) is 0 Å². The van der Waals surface area contributed by atoms with Crippen LogP contribution in [0, 0.1) is 34.0 Å². The Balaban J connectivity index is 2.36. The second kappa shape index (κ2) is 5.36. The maximum absolute atomic E-state index is 9.43. The summed E-state index contributed by atoms with van der Waals surface area (Å²) in [5.74, 6) is 0. The normalized spacial score (nSPS) is 16.4. The number of nitriles is 3. The number of nitrogens with zero attached hydrogens (tertiary/aromatic N) is 4. The molecule has 2 N–H and O–H groups in total. The van der Waals surface area contributed by atoms with Gasteiger partial charge in [-0.15, -0.1) is 0 Å². The molecule has 3 rings (SSSR count). The maximum atomic E-state index is 9.43. The summed E-state index contributed by atoms with van der Waals surface area (Å²) in [5, 5.41) is 38.7. The molecule has 0 amide bonds. The average molecular weight is 330 g/mol. The molecular weight excluding hydrogens is 312 g/mol. The van der Waals surface area contributed by atoms with Crippen molar-refractivity contribution in [3.8, 4) is 18.2 Å². The van der Waals surface area contributed by atoms with Crippen LogP contribution in [0.4, 0.5) is 5.69 Å².